The van der Waals surface area contributed by atoms with E-state index in [2.05, 4.69) is 4.12 Å². The quantitative estimate of drug-likeness (QED) is 0.334. The molecular weight excluding hydrogens is 116 g/mol. The molecule has 0 aliphatic carbocycles. The molecule has 0 saturated heterocycles. The molecule has 0 aliphatic rings. The lowest BCUT2D eigenvalue weighted by molar-refractivity contribution is 0.629. The fraction of sp³-hybridized carbons (Fsp3) is 0. The van der Waals surface area contributed by atoms with Crippen molar-refractivity contribution >= 4 is 31.5 Å². The van der Waals surface area contributed by atoms with Crippen LogP contribution >= 0.6 is 0 Å². The molecule has 5 heteroatoms. The van der Waals surface area contributed by atoms with Crippen LogP contribution in [0.25, 0.3) is 0 Å². The third kappa shape index (κ3) is 92.8. The van der Waals surface area contributed by atoms with Gasteiger partial charge in [-0.3, -0.25) is 0 Å². The number of rotatable bonds is 0. The number of hydrogen-bond acceptors (Lipinski definition) is 2. The lowest BCUT2D eigenvalue weighted by atomic mass is 15.8. The van der Waals surface area contributed by atoms with Crippen LogP contribution < -0.4 is 0 Å². The normalized spacial score (nSPS) is 6.60. The van der Waals surface area contributed by atoms with Gasteiger partial charge in [-0.1, -0.05) is 0 Å². The van der Waals surface area contributed by atoms with Crippen LogP contribution in [0.15, 0.2) is 0 Å². The summed E-state index contributed by atoms with van der Waals surface area (Å²) in [7, 11) is 2.17. The molecule has 0 aromatic rings. The van der Waals surface area contributed by atoms with Crippen LogP contribution in [-0.2, 0) is 4.12 Å². The van der Waals surface area contributed by atoms with E-state index < -0.39 is 0 Å². The summed E-state index contributed by atoms with van der Waals surface area (Å²) in [5.41, 5.74) is 0. The minimum absolute atomic E-state index is 0.306. The van der Waals surface area contributed by atoms with Crippen LogP contribution in [0, 0.1) is 0 Å². The molecule has 0 atom stereocenters. The molecule has 0 radical (unpaired) electrons. The molecule has 0 saturated carbocycles. The van der Waals surface area contributed by atoms with Crippen molar-refractivity contribution in [1.29, 1.82) is 0 Å². The van der Waals surface area contributed by atoms with E-state index in [4.69, 9.17) is 4.80 Å². The molecular formula is H10O2Si3. The van der Waals surface area contributed by atoms with E-state index in [0.717, 1.165) is 21.0 Å². The molecule has 1 N–H and O–H groups in total. The Hall–Kier alpha value is 0.571. The highest BCUT2D eigenvalue weighted by atomic mass is 28.3. The van der Waals surface area contributed by atoms with Crippen LogP contribution in [0.1, 0.15) is 0 Å². The Bertz CT molecular complexity index is 4.85. The summed E-state index contributed by atoms with van der Waals surface area (Å²) < 4.78 is 4.53. The van der Waals surface area contributed by atoms with Gasteiger partial charge in [-0.05, 0) is 0 Å². The Morgan fingerprint density at radius 1 is 1.20 bits per heavy atom. The van der Waals surface area contributed by atoms with Gasteiger partial charge in [0.05, 0.1) is 0 Å². The van der Waals surface area contributed by atoms with Crippen LogP contribution in [0.3, 0.4) is 0 Å². The summed E-state index contributed by atoms with van der Waals surface area (Å²) in [5.74, 6) is 0. The highest BCUT2D eigenvalue weighted by molar-refractivity contribution is 6.15. The van der Waals surface area contributed by atoms with Crippen molar-refractivity contribution in [3.05, 3.63) is 0 Å². The van der Waals surface area contributed by atoms with E-state index in [-0.39, 0.29) is 0 Å². The van der Waals surface area contributed by atoms with E-state index >= 15 is 0 Å². The van der Waals surface area contributed by atoms with Crippen LogP contribution in [0.4, 0.5) is 0 Å². The van der Waals surface area contributed by atoms with Gasteiger partial charge < -0.3 is 8.91 Å². The standard InChI is InChI=1S/H6OSi2.H4OSi/c2-1-3;1-2/h2-3H3;1H,2H3. The van der Waals surface area contributed by atoms with Gasteiger partial charge in [-0.25, -0.2) is 0 Å². The van der Waals surface area contributed by atoms with Crippen molar-refractivity contribution in [3.63, 3.8) is 0 Å². The van der Waals surface area contributed by atoms with Crippen molar-refractivity contribution in [3.8, 4) is 0 Å². The molecule has 34 valence electrons. The Morgan fingerprint density at radius 2 is 1.20 bits per heavy atom. The van der Waals surface area contributed by atoms with E-state index in [1.807, 2.05) is 0 Å². The first-order valence-electron chi connectivity index (χ1n) is 1.26. The molecule has 0 rings (SSSR count). The molecule has 0 aromatic heterocycles. The maximum Gasteiger partial charge on any atom is 0.141 e. The van der Waals surface area contributed by atoms with Gasteiger partial charge in [-0.15, -0.1) is 0 Å². The molecule has 0 heterocycles. The van der Waals surface area contributed by atoms with Crippen LogP contribution in [-0.4, -0.2) is 36.3 Å². The summed E-state index contributed by atoms with van der Waals surface area (Å²) >= 11 is 0. The SMILES string of the molecule is O[SiH3].[SiH3]O[SiH3]. The fourth-order valence-corrected chi connectivity index (χ4v) is 0. The largest absolute Gasteiger partial charge is 0.471 e. The predicted octanol–water partition coefficient (Wildman–Crippen LogP) is -4.18. The lowest BCUT2D eigenvalue weighted by Gasteiger charge is -1.62. The van der Waals surface area contributed by atoms with Crippen molar-refractivity contribution in [2.75, 3.05) is 0 Å². The second kappa shape index (κ2) is 23.6. The summed E-state index contributed by atoms with van der Waals surface area (Å²) in [6.07, 6.45) is 0. The maximum atomic E-state index is 7.14. The second-order valence-corrected chi connectivity index (χ2v) is 3.67. The summed E-state index contributed by atoms with van der Waals surface area (Å²) in [4.78, 5) is 7.14. The highest BCUT2D eigenvalue weighted by Gasteiger charge is 1.28. The Labute approximate surface area is 41.2 Å². The van der Waals surface area contributed by atoms with E-state index in [1.54, 1.807) is 0 Å². The highest BCUT2D eigenvalue weighted by Crippen LogP contribution is 1.20. The van der Waals surface area contributed by atoms with Gasteiger partial charge in [-0.2, -0.15) is 0 Å². The van der Waals surface area contributed by atoms with Crippen molar-refractivity contribution < 1.29 is 8.91 Å². The molecule has 2 nitrogen and oxygen atoms in total. The first kappa shape index (κ1) is 9.13. The Kier molecular flexibility index (Phi) is 43.1. The second-order valence-electron chi connectivity index (χ2n) is 0.408. The van der Waals surface area contributed by atoms with E-state index in [0.29, 0.717) is 10.5 Å². The van der Waals surface area contributed by atoms with Gasteiger partial charge in [0.25, 0.3) is 0 Å². The molecule has 5 heavy (non-hydrogen) atoms. The zero-order valence-corrected chi connectivity index (χ0v) is 9.86. The molecule has 0 spiro atoms. The van der Waals surface area contributed by atoms with Gasteiger partial charge in [0.1, 0.15) is 31.5 Å². The Balaban J connectivity index is 0. The third-order valence-corrected chi connectivity index (χ3v) is 0. The first-order chi connectivity index (χ1) is 2.41. The van der Waals surface area contributed by atoms with Gasteiger partial charge in [0, 0.05) is 0 Å². The zero-order valence-electron chi connectivity index (χ0n) is 3.86. The molecule has 0 unspecified atom stereocenters. The smallest absolute Gasteiger partial charge is 0.141 e. The van der Waals surface area contributed by atoms with Gasteiger partial charge in [0.15, 0.2) is 0 Å². The molecule has 0 bridgehead atoms. The topological polar surface area (TPSA) is 29.5 Å². The van der Waals surface area contributed by atoms with Crippen molar-refractivity contribution in [1.82, 2.24) is 0 Å². The van der Waals surface area contributed by atoms with E-state index in [1.165, 1.54) is 0 Å². The van der Waals surface area contributed by atoms with Crippen molar-refractivity contribution in [2.45, 2.75) is 0 Å². The Morgan fingerprint density at radius 3 is 1.20 bits per heavy atom. The summed E-state index contributed by atoms with van der Waals surface area (Å²) in [6, 6.07) is 0. The summed E-state index contributed by atoms with van der Waals surface area (Å²) in [6.45, 7) is 0. The van der Waals surface area contributed by atoms with E-state index in [9.17, 15) is 0 Å². The van der Waals surface area contributed by atoms with Crippen LogP contribution in [0.5, 0.6) is 0 Å². The molecule has 0 aromatic carbocycles. The molecule has 0 aliphatic heterocycles. The molecule has 0 amide bonds. The average molecular weight is 126 g/mol. The number of hydrogen-bond donors (Lipinski definition) is 1. The average Bonchev–Trinajstić information content (AvgIpc) is 1.46. The zero-order chi connectivity index (χ0) is 4.71. The third-order valence-electron chi connectivity index (χ3n) is 0. The lowest BCUT2D eigenvalue weighted by Crippen LogP contribution is -1.65. The fourth-order valence-electron chi connectivity index (χ4n) is 0. The maximum absolute atomic E-state index is 7.14. The van der Waals surface area contributed by atoms with Gasteiger partial charge in [0.2, 0.25) is 0 Å². The molecule has 0 fully saturated rings. The first-order valence-corrected chi connectivity index (χ1v) is 3.79. The van der Waals surface area contributed by atoms with Gasteiger partial charge >= 0.3 is 0 Å². The minimum Gasteiger partial charge on any atom is -0.471 e. The minimum atomic E-state index is 0.306. The predicted molar refractivity (Wildman–Crippen MR) is 33.1 cm³/mol. The van der Waals surface area contributed by atoms with Crippen molar-refractivity contribution in [2.24, 2.45) is 0 Å². The summed E-state index contributed by atoms with van der Waals surface area (Å²) in [5, 5.41) is 0. The monoisotopic (exact) mass is 126 g/mol. The van der Waals surface area contributed by atoms with Crippen LogP contribution in [0.2, 0.25) is 0 Å².